The van der Waals surface area contributed by atoms with Crippen molar-refractivity contribution in [2.45, 2.75) is 180 Å². The molecule has 1 aliphatic heterocycles. The monoisotopic (exact) mass is 740 g/mol. The molecule has 2 aliphatic rings. The van der Waals surface area contributed by atoms with Gasteiger partial charge in [-0.1, -0.05) is 176 Å². The summed E-state index contributed by atoms with van der Waals surface area (Å²) in [6, 6.07) is 20.9. The fourth-order valence-electron chi connectivity index (χ4n) is 7.63. The van der Waals surface area contributed by atoms with E-state index < -0.39 is 15.1 Å². The molecule has 1 radical (unpaired) electrons. The zero-order valence-electron chi connectivity index (χ0n) is 33.8. The van der Waals surface area contributed by atoms with E-state index in [4.69, 9.17) is 20.8 Å². The Balaban J connectivity index is 0.00000756. The first-order chi connectivity index (χ1) is 25.9. The summed E-state index contributed by atoms with van der Waals surface area (Å²) >= 11 is -2.03. The smallest absolute Gasteiger partial charge is 0.634 e. The van der Waals surface area contributed by atoms with E-state index >= 15 is 0 Å². The van der Waals surface area contributed by atoms with E-state index in [1.807, 2.05) is 0 Å². The van der Waals surface area contributed by atoms with Crippen LogP contribution in [-0.2, 0) is 34.1 Å². The van der Waals surface area contributed by atoms with Gasteiger partial charge in [-0.15, -0.1) is 0 Å². The Morgan fingerprint density at radius 1 is 0.491 bits per heavy atom. The fourth-order valence-corrected chi connectivity index (χ4v) is 9.40. The van der Waals surface area contributed by atoms with Gasteiger partial charge in [-0.3, -0.25) is 0 Å². The van der Waals surface area contributed by atoms with Crippen molar-refractivity contribution in [3.05, 3.63) is 83.9 Å². The number of allylic oxidation sites excluding steroid dienone is 2. The number of hydrogen-bond acceptors (Lipinski definition) is 5. The van der Waals surface area contributed by atoms with Crippen LogP contribution < -0.4 is 18.9 Å². The van der Waals surface area contributed by atoms with Gasteiger partial charge in [0.05, 0.1) is 13.2 Å². The normalized spacial score (nSPS) is 18.5. The van der Waals surface area contributed by atoms with E-state index in [0.717, 1.165) is 64.4 Å². The van der Waals surface area contributed by atoms with Crippen LogP contribution in [0.25, 0.3) is 0 Å². The Bertz CT molecular complexity index is 1120. The number of ether oxygens (including phenoxy) is 2. The third kappa shape index (κ3) is 23.1. The van der Waals surface area contributed by atoms with Gasteiger partial charge in [-0.25, -0.2) is 0 Å². The van der Waals surface area contributed by atoms with E-state index in [0.29, 0.717) is 6.61 Å². The minimum absolute atomic E-state index is 0. The summed E-state index contributed by atoms with van der Waals surface area (Å²) in [6.45, 7) is 3.92. The van der Waals surface area contributed by atoms with Crippen LogP contribution in [0.15, 0.2) is 72.8 Å². The van der Waals surface area contributed by atoms with Gasteiger partial charge in [0.2, 0.25) is 0 Å². The van der Waals surface area contributed by atoms with E-state index in [1.54, 1.807) is 0 Å². The SMILES string of the molecule is C1=C[C@@H](CCCCCCCCCCC[O][Al-]2[O][C@@H](CCCCCCCCOCc3ccccc3)[C@@H](CCCCCCOCc3ccccc3)[O]2)CC1.[Li+]. The number of benzene rings is 2. The Labute approximate surface area is 342 Å². The van der Waals surface area contributed by atoms with Crippen LogP contribution in [0.1, 0.15) is 165 Å². The average molecular weight is 740 g/mol. The van der Waals surface area contributed by atoms with E-state index in [2.05, 4.69) is 72.8 Å². The van der Waals surface area contributed by atoms with Gasteiger partial charge in [0.1, 0.15) is 0 Å². The predicted molar refractivity (Wildman–Crippen MR) is 217 cm³/mol. The van der Waals surface area contributed by atoms with Gasteiger partial charge in [0.25, 0.3) is 0 Å². The van der Waals surface area contributed by atoms with E-state index in [1.165, 1.54) is 133 Å². The fraction of sp³-hybridized carbons (Fsp3) is 0.696. The van der Waals surface area contributed by atoms with Crippen molar-refractivity contribution in [3.63, 3.8) is 0 Å². The first-order valence-electron chi connectivity index (χ1n) is 21.7. The molecule has 4 rings (SSSR count). The van der Waals surface area contributed by atoms with Gasteiger partial charge < -0.3 is 20.8 Å². The second-order valence-corrected chi connectivity index (χ2v) is 16.9. The van der Waals surface area contributed by atoms with Gasteiger partial charge in [0, 0.05) is 25.4 Å². The van der Waals surface area contributed by atoms with Crippen molar-refractivity contribution < 1.29 is 39.7 Å². The van der Waals surface area contributed by atoms with E-state index in [9.17, 15) is 0 Å². The maximum absolute atomic E-state index is 6.51. The Morgan fingerprint density at radius 3 is 1.36 bits per heavy atom. The molecule has 1 saturated heterocycles. The first kappa shape index (κ1) is 46.5. The zero-order chi connectivity index (χ0) is 36.0. The van der Waals surface area contributed by atoms with Gasteiger partial charge >= 0.3 is 34.0 Å². The van der Waals surface area contributed by atoms with Crippen LogP contribution in [0.2, 0.25) is 0 Å². The summed E-state index contributed by atoms with van der Waals surface area (Å²) in [7, 11) is 0. The number of unbranched alkanes of at least 4 members (excludes halogenated alkanes) is 16. The summed E-state index contributed by atoms with van der Waals surface area (Å²) in [5, 5.41) is 0. The summed E-state index contributed by atoms with van der Waals surface area (Å²) in [4.78, 5) is 0. The maximum Gasteiger partial charge on any atom is 1.00 e. The van der Waals surface area contributed by atoms with Crippen LogP contribution in [0.4, 0.5) is 0 Å². The molecule has 0 amide bonds. The Morgan fingerprint density at radius 2 is 0.906 bits per heavy atom. The molecule has 1 heterocycles. The molecule has 5 nitrogen and oxygen atoms in total. The van der Waals surface area contributed by atoms with Crippen LogP contribution >= 0.6 is 0 Å². The minimum atomic E-state index is -2.03. The number of hydrogen-bond donors (Lipinski definition) is 0. The molecule has 53 heavy (non-hydrogen) atoms. The van der Waals surface area contributed by atoms with Crippen molar-refractivity contribution in [2.24, 2.45) is 5.92 Å². The third-order valence-corrected chi connectivity index (χ3v) is 12.5. The van der Waals surface area contributed by atoms with Gasteiger partial charge in [0.15, 0.2) is 0 Å². The summed E-state index contributed by atoms with van der Waals surface area (Å²) in [5.41, 5.74) is 2.51. The number of rotatable bonds is 33. The molecule has 0 spiro atoms. The molecule has 0 aromatic heterocycles. The largest absolute Gasteiger partial charge is 1.00 e. The first-order valence-corrected chi connectivity index (χ1v) is 23.1. The molecule has 2 aromatic rings. The third-order valence-electron chi connectivity index (χ3n) is 10.8. The summed E-state index contributed by atoms with van der Waals surface area (Å²) in [6.07, 6.45) is 35.9. The summed E-state index contributed by atoms with van der Waals surface area (Å²) < 4.78 is 31.0. The average Bonchev–Trinajstić information content (AvgIpc) is 3.84. The zero-order valence-corrected chi connectivity index (χ0v) is 34.9. The van der Waals surface area contributed by atoms with E-state index in [-0.39, 0.29) is 31.1 Å². The van der Waals surface area contributed by atoms with Crippen molar-refractivity contribution in [1.29, 1.82) is 0 Å². The quantitative estimate of drug-likeness (QED) is 0.0415. The molecule has 291 valence electrons. The van der Waals surface area contributed by atoms with Crippen molar-refractivity contribution in [3.8, 4) is 0 Å². The molecule has 3 atom stereocenters. The van der Waals surface area contributed by atoms with Crippen LogP contribution in [0.5, 0.6) is 0 Å². The second-order valence-electron chi connectivity index (χ2n) is 15.4. The molecule has 7 heteroatoms. The molecule has 0 bridgehead atoms. The van der Waals surface area contributed by atoms with Crippen LogP contribution in [-0.4, -0.2) is 47.2 Å². The Kier molecular flexibility index (Phi) is 28.3. The van der Waals surface area contributed by atoms with Crippen LogP contribution in [0.3, 0.4) is 0 Å². The van der Waals surface area contributed by atoms with Crippen molar-refractivity contribution in [1.82, 2.24) is 0 Å². The molecule has 1 fully saturated rings. The van der Waals surface area contributed by atoms with Crippen molar-refractivity contribution in [2.75, 3.05) is 19.8 Å². The molecule has 0 unspecified atom stereocenters. The molecule has 1 aliphatic carbocycles. The second kappa shape index (κ2) is 32.2. The standard InChI is InChI=1S/C30H44O4.C16H29O.Al.Li/c31-29(21-13-3-1-2-5-15-23-33-25-27-17-9-7-10-18-27)30(32)22-14-4-6-16-24-34-26-28-19-11-8-12-20-28;17-15-11-7-5-3-1-2-4-6-8-12-16-13-9-10-14-16;;/h7-12,17-20,29-30H,1-6,13-16,21-26H2;9,13,16H,1-8,10-12,14-15H2;;/q-2;-1;+2;+1/t29-,30+;16-;;/m01../s1. The minimum Gasteiger partial charge on any atom is -0.634 e. The molecular formula is C46H73AlLiO5. The Hall–Kier alpha value is -0.890. The van der Waals surface area contributed by atoms with Gasteiger partial charge in [-0.05, 0) is 75.0 Å². The maximum atomic E-state index is 6.51. The van der Waals surface area contributed by atoms with Crippen LogP contribution in [0, 0.1) is 5.92 Å². The molecule has 0 N–H and O–H groups in total. The molecule has 2 aromatic carbocycles. The summed E-state index contributed by atoms with van der Waals surface area (Å²) in [5.74, 6) is 0.885. The molecule has 0 saturated carbocycles. The topological polar surface area (TPSA) is 46.2 Å². The van der Waals surface area contributed by atoms with Crippen molar-refractivity contribution >= 4 is 15.1 Å². The predicted octanol–water partition coefficient (Wildman–Crippen LogP) is 9.76. The van der Waals surface area contributed by atoms with Gasteiger partial charge in [-0.2, -0.15) is 0 Å². The molecular weight excluding hydrogens is 666 g/mol.